The molecule has 0 saturated heterocycles. The molecule has 0 aliphatic heterocycles. The summed E-state index contributed by atoms with van der Waals surface area (Å²) in [5.41, 5.74) is 19.4. The van der Waals surface area contributed by atoms with Gasteiger partial charge in [-0.05, 0) is 118 Å². The van der Waals surface area contributed by atoms with Gasteiger partial charge < -0.3 is 0 Å². The third-order valence-corrected chi connectivity index (χ3v) is 9.39. The number of hydrogen-bond acceptors (Lipinski definition) is 0. The minimum Gasteiger partial charge on any atom is -0.0949 e. The van der Waals surface area contributed by atoms with Crippen molar-refractivity contribution in [3.8, 4) is 0 Å². The lowest BCUT2D eigenvalue weighted by atomic mass is 9.89. The van der Waals surface area contributed by atoms with E-state index in [1.165, 1.54) is 90.8 Å². The van der Waals surface area contributed by atoms with Crippen molar-refractivity contribution in [2.24, 2.45) is 0 Å². The Bertz CT molecular complexity index is 1620. The maximum absolute atomic E-state index is 4.59. The summed E-state index contributed by atoms with van der Waals surface area (Å²) < 4.78 is 0. The van der Waals surface area contributed by atoms with Crippen molar-refractivity contribution in [1.82, 2.24) is 0 Å². The molecule has 4 aromatic rings. The molecule has 0 heteroatoms. The highest BCUT2D eigenvalue weighted by Crippen LogP contribution is 2.35. The Kier molecular flexibility index (Phi) is 9.27. The second-order valence-electron chi connectivity index (χ2n) is 12.9. The van der Waals surface area contributed by atoms with Crippen molar-refractivity contribution < 1.29 is 0 Å². The van der Waals surface area contributed by atoms with E-state index in [1.54, 1.807) is 0 Å². The number of hydrogen-bond donors (Lipinski definition) is 0. The predicted molar refractivity (Wildman–Crippen MR) is 192 cm³/mol. The fourth-order valence-corrected chi connectivity index (χ4v) is 7.23. The highest BCUT2D eigenvalue weighted by Gasteiger charge is 2.18. The van der Waals surface area contributed by atoms with E-state index in [1.807, 2.05) is 0 Å². The molecule has 222 valence electrons. The first kappa shape index (κ1) is 29.9. The molecule has 44 heavy (non-hydrogen) atoms. The van der Waals surface area contributed by atoms with E-state index in [4.69, 9.17) is 0 Å². The highest BCUT2D eigenvalue weighted by molar-refractivity contribution is 5.75. The zero-order valence-electron chi connectivity index (χ0n) is 26.7. The molecule has 0 spiro atoms. The van der Waals surface area contributed by atoms with Crippen molar-refractivity contribution in [2.75, 3.05) is 0 Å². The van der Waals surface area contributed by atoms with Gasteiger partial charge in [0.1, 0.15) is 0 Å². The minimum absolute atomic E-state index is 0.930. The first-order valence-corrected chi connectivity index (χ1v) is 16.6. The molecule has 0 fully saturated rings. The first-order valence-electron chi connectivity index (χ1n) is 16.6. The third kappa shape index (κ3) is 6.81. The molecule has 0 unspecified atom stereocenters. The quantitative estimate of drug-likeness (QED) is 0.149. The molecule has 2 aliphatic rings. The molecule has 4 aromatic carbocycles. The summed E-state index contributed by atoms with van der Waals surface area (Å²) in [5, 5.41) is 0. The van der Waals surface area contributed by atoms with Gasteiger partial charge in [-0.25, -0.2) is 0 Å². The molecule has 0 atom stereocenters. The normalized spacial score (nSPS) is 13.3. The van der Waals surface area contributed by atoms with Crippen LogP contribution in [0.4, 0.5) is 0 Å². The van der Waals surface area contributed by atoms with Gasteiger partial charge in [0.2, 0.25) is 0 Å². The van der Waals surface area contributed by atoms with Gasteiger partial charge in [0.05, 0.1) is 0 Å². The summed E-state index contributed by atoms with van der Waals surface area (Å²) >= 11 is 0. The van der Waals surface area contributed by atoms with Crippen molar-refractivity contribution in [3.63, 3.8) is 0 Å². The first-order chi connectivity index (χ1) is 21.5. The van der Waals surface area contributed by atoms with Gasteiger partial charge in [-0.3, -0.25) is 0 Å². The summed E-state index contributed by atoms with van der Waals surface area (Å²) in [6.07, 6.45) is 15.4. The molecule has 0 saturated carbocycles. The molecule has 0 N–H and O–H groups in total. The lowest BCUT2D eigenvalue weighted by Crippen LogP contribution is -2.00. The van der Waals surface area contributed by atoms with E-state index in [-0.39, 0.29) is 0 Å². The zero-order chi connectivity index (χ0) is 30.5. The van der Waals surface area contributed by atoms with Crippen LogP contribution in [0.25, 0.3) is 23.3 Å². The third-order valence-electron chi connectivity index (χ3n) is 9.39. The van der Waals surface area contributed by atoms with Gasteiger partial charge in [0.25, 0.3) is 0 Å². The SMILES string of the molecule is C=C(CC1=Cc2ccc(CCC)cc2C1)c1ccccc1CCc1ccccc1C(=C)CC1=Cc2ccc(CCC)cc2C1. The van der Waals surface area contributed by atoms with Gasteiger partial charge in [-0.15, -0.1) is 0 Å². The highest BCUT2D eigenvalue weighted by atomic mass is 14.2. The number of fused-ring (bicyclic) bond motifs is 2. The summed E-state index contributed by atoms with van der Waals surface area (Å²) in [5.74, 6) is 0. The second kappa shape index (κ2) is 13.6. The molecule has 0 aromatic heterocycles. The standard InChI is InChI=1S/C44H46/c1-5-11-33-17-19-39-27-35(29-41(39)25-33)23-31(3)43-15-9-7-13-37(43)21-22-38-14-8-10-16-44(38)32(4)24-36-28-40-20-18-34(12-6-2)26-42(40)30-36/h7-10,13-20,25-28H,3-6,11-12,21-24,29-30H2,1-2H3. The maximum Gasteiger partial charge on any atom is -0.00544 e. The lowest BCUT2D eigenvalue weighted by Gasteiger charge is -2.16. The topological polar surface area (TPSA) is 0 Å². The fourth-order valence-electron chi connectivity index (χ4n) is 7.23. The van der Waals surface area contributed by atoms with E-state index in [0.717, 1.165) is 51.4 Å². The van der Waals surface area contributed by atoms with Crippen LogP contribution in [-0.2, 0) is 38.5 Å². The average Bonchev–Trinajstić information content (AvgIpc) is 3.62. The summed E-state index contributed by atoms with van der Waals surface area (Å²) in [7, 11) is 0. The van der Waals surface area contributed by atoms with Crippen LogP contribution in [0.5, 0.6) is 0 Å². The average molecular weight is 575 g/mol. The van der Waals surface area contributed by atoms with Crippen LogP contribution in [0.1, 0.15) is 95.2 Å². The maximum atomic E-state index is 4.59. The molecule has 6 rings (SSSR count). The minimum atomic E-state index is 0.930. The monoisotopic (exact) mass is 574 g/mol. The molecule has 0 heterocycles. The number of allylic oxidation sites excluding steroid dienone is 4. The van der Waals surface area contributed by atoms with Crippen molar-refractivity contribution >= 4 is 23.3 Å². The smallest absolute Gasteiger partial charge is 0.00544 e. The number of benzene rings is 4. The molecule has 0 radical (unpaired) electrons. The van der Waals surface area contributed by atoms with Crippen LogP contribution < -0.4 is 0 Å². The Morgan fingerprint density at radius 1 is 0.545 bits per heavy atom. The predicted octanol–water partition coefficient (Wildman–Crippen LogP) is 11.5. The Morgan fingerprint density at radius 2 is 0.977 bits per heavy atom. The largest absolute Gasteiger partial charge is 0.0949 e. The molecule has 0 nitrogen and oxygen atoms in total. The number of aryl methyl sites for hydroxylation is 4. The van der Waals surface area contributed by atoms with E-state index >= 15 is 0 Å². The van der Waals surface area contributed by atoms with Crippen LogP contribution in [0.15, 0.2) is 109 Å². The van der Waals surface area contributed by atoms with Gasteiger partial charge in [0.15, 0.2) is 0 Å². The van der Waals surface area contributed by atoms with Crippen LogP contribution in [0.3, 0.4) is 0 Å². The Balaban J connectivity index is 1.10. The zero-order valence-corrected chi connectivity index (χ0v) is 26.7. The molecular formula is C44H46. The van der Waals surface area contributed by atoms with Crippen LogP contribution in [0, 0.1) is 0 Å². The van der Waals surface area contributed by atoms with E-state index < -0.39 is 0 Å². The lowest BCUT2D eigenvalue weighted by molar-refractivity contribution is 0.918. The van der Waals surface area contributed by atoms with Crippen LogP contribution in [0.2, 0.25) is 0 Å². The Morgan fingerprint density at radius 3 is 1.41 bits per heavy atom. The summed E-state index contributed by atoms with van der Waals surface area (Å²) in [6, 6.07) is 31.8. The fraction of sp³-hybridized carbons (Fsp3) is 0.273. The summed E-state index contributed by atoms with van der Waals surface area (Å²) in [6.45, 7) is 13.7. The molecule has 0 bridgehead atoms. The van der Waals surface area contributed by atoms with Gasteiger partial charge in [0, 0.05) is 0 Å². The van der Waals surface area contributed by atoms with Crippen LogP contribution >= 0.6 is 0 Å². The van der Waals surface area contributed by atoms with Crippen LogP contribution in [-0.4, -0.2) is 0 Å². The molecular weight excluding hydrogens is 528 g/mol. The van der Waals surface area contributed by atoms with E-state index in [2.05, 4.69) is 124 Å². The van der Waals surface area contributed by atoms with E-state index in [0.29, 0.717) is 0 Å². The van der Waals surface area contributed by atoms with Gasteiger partial charge in [-0.1, -0.05) is 148 Å². The van der Waals surface area contributed by atoms with Crippen molar-refractivity contribution in [3.05, 3.63) is 165 Å². The number of rotatable bonds is 13. The Hall–Kier alpha value is -4.16. The molecule has 0 amide bonds. The Labute approximate surface area is 265 Å². The summed E-state index contributed by atoms with van der Waals surface area (Å²) in [4.78, 5) is 0. The second-order valence-corrected chi connectivity index (χ2v) is 12.9. The molecule has 2 aliphatic carbocycles. The van der Waals surface area contributed by atoms with Gasteiger partial charge >= 0.3 is 0 Å². The van der Waals surface area contributed by atoms with Gasteiger partial charge in [-0.2, -0.15) is 0 Å². The van der Waals surface area contributed by atoms with E-state index in [9.17, 15) is 0 Å². The van der Waals surface area contributed by atoms with Crippen molar-refractivity contribution in [1.29, 1.82) is 0 Å². The van der Waals surface area contributed by atoms with Crippen molar-refractivity contribution in [2.45, 2.75) is 78.1 Å².